The van der Waals surface area contributed by atoms with E-state index in [0.29, 0.717) is 28.9 Å². The van der Waals surface area contributed by atoms with E-state index in [0.717, 1.165) is 0 Å². The molecule has 0 aromatic carbocycles. The highest BCUT2D eigenvalue weighted by molar-refractivity contribution is 5.99. The molecule has 7 heteroatoms. The van der Waals surface area contributed by atoms with Crippen molar-refractivity contribution < 1.29 is 13.6 Å². The number of nitrogens with two attached hydrogens (primary N) is 1. The van der Waals surface area contributed by atoms with E-state index in [4.69, 9.17) is 5.73 Å². The molecule has 0 bridgehead atoms. The lowest BCUT2D eigenvalue weighted by atomic mass is 9.69. The molecule has 2 aliphatic rings. The van der Waals surface area contributed by atoms with Gasteiger partial charge in [0.25, 0.3) is 0 Å². The van der Waals surface area contributed by atoms with Crippen LogP contribution in [0, 0.1) is 24.7 Å². The van der Waals surface area contributed by atoms with Crippen LogP contribution in [-0.4, -0.2) is 20.7 Å². The zero-order chi connectivity index (χ0) is 19.1. The van der Waals surface area contributed by atoms with Gasteiger partial charge in [-0.3, -0.25) is 4.79 Å². The van der Waals surface area contributed by atoms with E-state index in [1.54, 1.807) is 25.1 Å². The number of ketones is 1. The number of rotatable bonds is 2. The number of nitrogens with zero attached hydrogens (tertiary/aromatic N) is 3. The Balaban J connectivity index is 1.73. The first-order valence-electron chi connectivity index (χ1n) is 8.76. The number of fused-ring (bicyclic) bond motifs is 1. The van der Waals surface area contributed by atoms with Gasteiger partial charge in [-0.15, -0.1) is 0 Å². The number of aryl methyl sites for hydroxylation is 1. The van der Waals surface area contributed by atoms with Crippen LogP contribution < -0.4 is 5.73 Å². The summed E-state index contributed by atoms with van der Waals surface area (Å²) >= 11 is 0. The summed E-state index contributed by atoms with van der Waals surface area (Å²) in [5.41, 5.74) is 7.76. The van der Waals surface area contributed by atoms with Gasteiger partial charge in [-0.25, -0.2) is 19.3 Å². The molecular weight excluding hydrogens is 350 g/mol. The van der Waals surface area contributed by atoms with Gasteiger partial charge in [0, 0.05) is 24.1 Å². The van der Waals surface area contributed by atoms with E-state index in [1.807, 2.05) is 0 Å². The van der Waals surface area contributed by atoms with Gasteiger partial charge in [-0.2, -0.15) is 4.39 Å². The van der Waals surface area contributed by atoms with Crippen LogP contribution in [0.25, 0.3) is 0 Å². The van der Waals surface area contributed by atoms with Crippen LogP contribution in [-0.2, 0) is 6.42 Å². The number of hydrogen-bond donors (Lipinski definition) is 1. The highest BCUT2D eigenvalue weighted by atomic mass is 19.1. The average molecular weight is 368 g/mol. The molecule has 2 aromatic heterocycles. The molecule has 2 N–H and O–H groups in total. The molecule has 4 rings (SSSR count). The van der Waals surface area contributed by atoms with Gasteiger partial charge in [-0.1, -0.05) is 12.1 Å². The Hall–Kier alpha value is -2.96. The van der Waals surface area contributed by atoms with Gasteiger partial charge in [0.1, 0.15) is 5.83 Å². The normalized spacial score (nSPS) is 24.5. The van der Waals surface area contributed by atoms with Crippen molar-refractivity contribution in [3.63, 3.8) is 0 Å². The van der Waals surface area contributed by atoms with Crippen LogP contribution in [0.4, 0.5) is 14.7 Å². The average Bonchev–Trinajstić information content (AvgIpc) is 2.61. The highest BCUT2D eigenvalue weighted by Crippen LogP contribution is 2.42. The van der Waals surface area contributed by atoms with E-state index in [1.165, 1.54) is 18.3 Å². The molecule has 2 unspecified atom stereocenters. The molecular formula is C20H18F2N4O. The third-order valence-corrected chi connectivity index (χ3v) is 5.29. The molecule has 0 saturated heterocycles. The first kappa shape index (κ1) is 17.5. The summed E-state index contributed by atoms with van der Waals surface area (Å²) in [5, 5.41) is 0. The number of Topliss-reactive ketones (excluding diaryl/α,β-unsaturated/α-hetero) is 1. The lowest BCUT2D eigenvalue weighted by Gasteiger charge is -2.34. The number of pyridine rings is 1. The predicted molar refractivity (Wildman–Crippen MR) is 96.1 cm³/mol. The Kier molecular flexibility index (Phi) is 4.30. The second-order valence-corrected chi connectivity index (χ2v) is 6.98. The molecule has 0 fully saturated rings. The van der Waals surface area contributed by atoms with Crippen LogP contribution in [0.1, 0.15) is 39.6 Å². The fourth-order valence-corrected chi connectivity index (χ4v) is 4.15. The fraction of sp³-hybridized carbons (Fsp3) is 0.300. The lowest BCUT2D eigenvalue weighted by molar-refractivity contribution is 0.0929. The number of halogens is 2. The van der Waals surface area contributed by atoms with E-state index in [9.17, 15) is 13.6 Å². The summed E-state index contributed by atoms with van der Waals surface area (Å²) in [4.78, 5) is 24.7. The molecule has 27 heavy (non-hydrogen) atoms. The third-order valence-electron chi connectivity index (χ3n) is 5.29. The largest absolute Gasteiger partial charge is 0.368 e. The van der Waals surface area contributed by atoms with E-state index in [2.05, 4.69) is 15.0 Å². The van der Waals surface area contributed by atoms with Gasteiger partial charge in [0.2, 0.25) is 11.9 Å². The van der Waals surface area contributed by atoms with Crippen LogP contribution in [0.3, 0.4) is 0 Å². The van der Waals surface area contributed by atoms with Crippen molar-refractivity contribution >= 4 is 11.7 Å². The maximum Gasteiger partial charge on any atom is 0.220 e. The summed E-state index contributed by atoms with van der Waals surface area (Å²) in [6, 6.07) is 3.23. The first-order valence-corrected chi connectivity index (χ1v) is 8.76. The molecule has 0 saturated carbocycles. The lowest BCUT2D eigenvalue weighted by Crippen LogP contribution is -2.31. The number of allylic oxidation sites excluding steroid dienone is 4. The number of carbonyl (C=O) groups is 1. The Bertz CT molecular complexity index is 986. The minimum absolute atomic E-state index is 0.0624. The Morgan fingerprint density at radius 2 is 2.04 bits per heavy atom. The molecule has 2 aromatic rings. The number of nitrogen functional groups attached to an aromatic ring is 1. The summed E-state index contributed by atoms with van der Waals surface area (Å²) < 4.78 is 28.2. The van der Waals surface area contributed by atoms with E-state index >= 15 is 0 Å². The van der Waals surface area contributed by atoms with Crippen molar-refractivity contribution in [2.24, 2.45) is 11.8 Å². The highest BCUT2D eigenvalue weighted by Gasteiger charge is 2.37. The van der Waals surface area contributed by atoms with Gasteiger partial charge in [0.15, 0.2) is 5.78 Å². The van der Waals surface area contributed by atoms with Crippen molar-refractivity contribution in [3.8, 4) is 0 Å². The summed E-state index contributed by atoms with van der Waals surface area (Å²) in [6.45, 7) is 1.74. The maximum atomic E-state index is 14.3. The number of anilines is 1. The smallest absolute Gasteiger partial charge is 0.220 e. The summed E-state index contributed by atoms with van der Waals surface area (Å²) in [6.07, 6.45) is 6.60. The van der Waals surface area contributed by atoms with Crippen LogP contribution in [0.15, 0.2) is 42.4 Å². The molecule has 0 spiro atoms. The molecule has 3 atom stereocenters. The molecule has 0 aliphatic heterocycles. The van der Waals surface area contributed by atoms with Crippen LogP contribution in [0.2, 0.25) is 0 Å². The molecule has 5 nitrogen and oxygen atoms in total. The van der Waals surface area contributed by atoms with Crippen LogP contribution >= 0.6 is 0 Å². The van der Waals surface area contributed by atoms with Crippen molar-refractivity contribution in [3.05, 3.63) is 70.8 Å². The minimum atomic E-state index is -0.628. The van der Waals surface area contributed by atoms with Crippen LogP contribution in [0.5, 0.6) is 0 Å². The quantitative estimate of drug-likeness (QED) is 0.821. The Morgan fingerprint density at radius 3 is 2.81 bits per heavy atom. The maximum absolute atomic E-state index is 14.3. The van der Waals surface area contributed by atoms with Crippen molar-refractivity contribution in [2.75, 3.05) is 5.73 Å². The second kappa shape index (κ2) is 6.64. The van der Waals surface area contributed by atoms with Gasteiger partial charge >= 0.3 is 0 Å². The minimum Gasteiger partial charge on any atom is -0.368 e. The standard InChI is InChI=1S/C20H18F2N4O/c1-10-18-16(26-20(23)25-10)7-11(8-17(18)27)13-5-4-12(21)9-15(13)14-3-2-6-24-19(14)22/h2-6,9,11,13,15H,7-8H2,1H3,(H2,23,25,26)/t11-,13?,15?/m1/s1. The van der Waals surface area contributed by atoms with E-state index < -0.39 is 17.7 Å². The van der Waals surface area contributed by atoms with Crippen molar-refractivity contribution in [2.45, 2.75) is 25.7 Å². The van der Waals surface area contributed by atoms with Gasteiger partial charge in [0.05, 0.1) is 17.0 Å². The van der Waals surface area contributed by atoms with Crippen molar-refractivity contribution in [1.82, 2.24) is 15.0 Å². The predicted octanol–water partition coefficient (Wildman–Crippen LogP) is 3.47. The number of carbonyl (C=O) groups excluding carboxylic acids is 1. The molecule has 0 amide bonds. The topological polar surface area (TPSA) is 81.8 Å². The molecule has 2 aliphatic carbocycles. The monoisotopic (exact) mass is 368 g/mol. The summed E-state index contributed by atoms with van der Waals surface area (Å²) in [7, 11) is 0. The Labute approximate surface area is 155 Å². The van der Waals surface area contributed by atoms with Crippen molar-refractivity contribution in [1.29, 1.82) is 0 Å². The summed E-state index contributed by atoms with van der Waals surface area (Å²) in [5.74, 6) is -1.93. The first-order chi connectivity index (χ1) is 12.9. The third kappa shape index (κ3) is 3.13. The molecule has 2 heterocycles. The zero-order valence-corrected chi connectivity index (χ0v) is 14.7. The van der Waals surface area contributed by atoms with Gasteiger partial charge < -0.3 is 5.73 Å². The molecule has 138 valence electrons. The SMILES string of the molecule is Cc1nc(N)nc2c1C(=O)C[C@H](C1C=CC(F)=CC1c1cccnc1F)C2. The number of aromatic nitrogens is 3. The Morgan fingerprint density at radius 1 is 1.22 bits per heavy atom. The van der Waals surface area contributed by atoms with Gasteiger partial charge in [-0.05, 0) is 43.4 Å². The molecule has 0 radical (unpaired) electrons. The fourth-order valence-electron chi connectivity index (χ4n) is 4.15. The second-order valence-electron chi connectivity index (χ2n) is 6.98. The zero-order valence-electron chi connectivity index (χ0n) is 14.7. The van der Waals surface area contributed by atoms with E-state index in [-0.39, 0.29) is 30.0 Å². The number of hydrogen-bond acceptors (Lipinski definition) is 5.